The summed E-state index contributed by atoms with van der Waals surface area (Å²) in [5.74, 6) is -0.175. The lowest BCUT2D eigenvalue weighted by Crippen LogP contribution is -2.45. The maximum atomic E-state index is 12.9. The number of unbranched alkanes of at least 4 members (excludes halogenated alkanes) is 29. The van der Waals surface area contributed by atoms with Gasteiger partial charge in [-0.3, -0.25) is 13.8 Å². The van der Waals surface area contributed by atoms with E-state index in [1.165, 1.54) is 167 Å². The highest BCUT2D eigenvalue weighted by atomic mass is 31.2. The van der Waals surface area contributed by atoms with E-state index in [-0.39, 0.29) is 19.1 Å². The Morgan fingerprint density at radius 2 is 0.981 bits per heavy atom. The van der Waals surface area contributed by atoms with Gasteiger partial charge in [0.2, 0.25) is 5.91 Å². The number of hydrogen-bond acceptors (Lipinski definition) is 5. The lowest BCUT2D eigenvalue weighted by molar-refractivity contribution is -0.870. The summed E-state index contributed by atoms with van der Waals surface area (Å²) < 4.78 is 23.6. The van der Waals surface area contributed by atoms with Gasteiger partial charge in [0.25, 0.3) is 0 Å². The van der Waals surface area contributed by atoms with Gasteiger partial charge in [-0.1, -0.05) is 206 Å². The summed E-state index contributed by atoms with van der Waals surface area (Å²) >= 11 is 0. The zero-order valence-electron chi connectivity index (χ0n) is 36.5. The summed E-state index contributed by atoms with van der Waals surface area (Å²) in [5.41, 5.74) is 0. The molecule has 0 aromatic carbocycles. The highest BCUT2D eigenvalue weighted by Gasteiger charge is 2.27. The molecule has 0 bridgehead atoms. The minimum absolute atomic E-state index is 0.0647. The highest BCUT2D eigenvalue weighted by Crippen LogP contribution is 2.43. The third-order valence-corrected chi connectivity index (χ3v) is 11.5. The molecular formula is C45H92N2O6P+. The zero-order chi connectivity index (χ0) is 40.0. The Kier molecular flexibility index (Phi) is 37.3. The van der Waals surface area contributed by atoms with E-state index in [0.29, 0.717) is 17.4 Å². The minimum Gasteiger partial charge on any atom is -0.387 e. The van der Waals surface area contributed by atoms with Crippen LogP contribution in [0.2, 0.25) is 0 Å². The molecule has 54 heavy (non-hydrogen) atoms. The number of allylic oxidation sites excluding steroid dienone is 1. The molecule has 0 aliphatic rings. The van der Waals surface area contributed by atoms with Crippen LogP contribution in [0, 0.1) is 0 Å². The van der Waals surface area contributed by atoms with Gasteiger partial charge in [0.1, 0.15) is 13.2 Å². The summed E-state index contributed by atoms with van der Waals surface area (Å²) in [5, 5.41) is 13.8. The molecule has 0 rings (SSSR count). The van der Waals surface area contributed by atoms with Crippen LogP contribution in [-0.4, -0.2) is 73.4 Å². The van der Waals surface area contributed by atoms with E-state index < -0.39 is 20.0 Å². The van der Waals surface area contributed by atoms with Crippen LogP contribution in [0.1, 0.15) is 219 Å². The first-order valence-electron chi connectivity index (χ1n) is 23.1. The SMILES string of the molecule is CCCCCCCCCCCCCCCCCC/C=C/C(O)C(COP(=O)(O)OCC[N+](C)(C)C)NC(=O)CCCCCCCCCCCCCCCC. The predicted molar refractivity (Wildman–Crippen MR) is 231 cm³/mol. The second kappa shape index (κ2) is 37.8. The molecule has 8 nitrogen and oxygen atoms in total. The molecule has 0 fully saturated rings. The van der Waals surface area contributed by atoms with Crippen molar-refractivity contribution in [2.75, 3.05) is 40.9 Å². The molecule has 0 aliphatic carbocycles. The lowest BCUT2D eigenvalue weighted by atomic mass is 10.0. The fourth-order valence-corrected chi connectivity index (χ4v) is 7.54. The van der Waals surface area contributed by atoms with E-state index >= 15 is 0 Å². The van der Waals surface area contributed by atoms with Gasteiger partial charge < -0.3 is 19.8 Å². The number of carbonyl (C=O) groups excluding carboxylic acids is 1. The van der Waals surface area contributed by atoms with Gasteiger partial charge in [-0.05, 0) is 19.3 Å². The Morgan fingerprint density at radius 3 is 1.37 bits per heavy atom. The van der Waals surface area contributed by atoms with Crippen LogP contribution in [0.3, 0.4) is 0 Å². The van der Waals surface area contributed by atoms with Crippen LogP contribution in [-0.2, 0) is 18.4 Å². The van der Waals surface area contributed by atoms with Crippen LogP contribution < -0.4 is 5.32 Å². The summed E-state index contributed by atoms with van der Waals surface area (Å²) in [6, 6.07) is -0.839. The number of rotatable bonds is 42. The maximum Gasteiger partial charge on any atom is 0.472 e. The first-order valence-corrected chi connectivity index (χ1v) is 24.6. The summed E-state index contributed by atoms with van der Waals surface area (Å²) in [6.45, 7) is 4.83. The Bertz CT molecular complexity index is 896. The highest BCUT2D eigenvalue weighted by molar-refractivity contribution is 7.47. The molecule has 0 aromatic heterocycles. The molecule has 0 saturated heterocycles. The standard InChI is InChI=1S/C45H91N2O6P/c1-6-8-10-12-14-16-18-20-22-23-24-25-26-28-30-32-34-36-38-44(48)43(42-53-54(50,51)52-41-40-47(3,4)5)46-45(49)39-37-35-33-31-29-27-21-19-17-15-13-11-9-7-2/h36,38,43-44,48H,6-35,37,39-42H2,1-5H3,(H-,46,49,50,51)/p+1/b38-36+. The van der Waals surface area contributed by atoms with E-state index in [2.05, 4.69) is 19.2 Å². The van der Waals surface area contributed by atoms with Crippen molar-refractivity contribution in [3.05, 3.63) is 12.2 Å². The normalized spacial score (nSPS) is 14.4. The van der Waals surface area contributed by atoms with E-state index in [1.54, 1.807) is 6.08 Å². The van der Waals surface area contributed by atoms with Crippen molar-refractivity contribution < 1.29 is 32.9 Å². The van der Waals surface area contributed by atoms with Crippen molar-refractivity contribution in [3.63, 3.8) is 0 Å². The van der Waals surface area contributed by atoms with Gasteiger partial charge in [0.05, 0.1) is 39.9 Å². The number of nitrogens with one attached hydrogen (secondary N) is 1. The van der Waals surface area contributed by atoms with Crippen LogP contribution >= 0.6 is 7.82 Å². The largest absolute Gasteiger partial charge is 0.472 e. The minimum atomic E-state index is -4.33. The molecule has 3 unspecified atom stereocenters. The van der Waals surface area contributed by atoms with Gasteiger partial charge in [-0.25, -0.2) is 4.57 Å². The average Bonchev–Trinajstić information content (AvgIpc) is 3.12. The van der Waals surface area contributed by atoms with Crippen LogP contribution in [0.4, 0.5) is 0 Å². The molecule has 9 heteroatoms. The monoisotopic (exact) mass is 788 g/mol. The van der Waals surface area contributed by atoms with Gasteiger partial charge >= 0.3 is 7.82 Å². The number of carbonyl (C=O) groups is 1. The molecule has 3 atom stereocenters. The molecular weight excluding hydrogens is 695 g/mol. The number of phosphoric ester groups is 1. The second-order valence-electron chi connectivity index (χ2n) is 17.1. The average molecular weight is 788 g/mol. The van der Waals surface area contributed by atoms with Crippen molar-refractivity contribution in [2.45, 2.75) is 231 Å². The van der Waals surface area contributed by atoms with Gasteiger partial charge in [0.15, 0.2) is 0 Å². The van der Waals surface area contributed by atoms with E-state index in [1.807, 2.05) is 27.2 Å². The molecule has 0 heterocycles. The summed E-state index contributed by atoms with van der Waals surface area (Å²) in [4.78, 5) is 23.1. The van der Waals surface area contributed by atoms with E-state index in [9.17, 15) is 19.4 Å². The zero-order valence-corrected chi connectivity index (χ0v) is 37.4. The van der Waals surface area contributed by atoms with Crippen molar-refractivity contribution in [3.8, 4) is 0 Å². The maximum absolute atomic E-state index is 12.9. The number of aliphatic hydroxyl groups is 1. The Balaban J connectivity index is 4.38. The fourth-order valence-electron chi connectivity index (χ4n) is 6.81. The van der Waals surface area contributed by atoms with Gasteiger partial charge in [0, 0.05) is 6.42 Å². The van der Waals surface area contributed by atoms with Gasteiger partial charge in [-0.15, -0.1) is 0 Å². The number of likely N-dealkylation sites (N-methyl/N-ethyl adjacent to an activating group) is 1. The van der Waals surface area contributed by atoms with Crippen molar-refractivity contribution in [1.82, 2.24) is 5.32 Å². The molecule has 1 amide bonds. The quantitative estimate of drug-likeness (QED) is 0.0246. The fraction of sp³-hybridized carbons (Fsp3) is 0.933. The third-order valence-electron chi connectivity index (χ3n) is 10.5. The van der Waals surface area contributed by atoms with E-state index in [0.717, 1.165) is 32.1 Å². The predicted octanol–water partition coefficient (Wildman–Crippen LogP) is 12.8. The van der Waals surface area contributed by atoms with Crippen molar-refractivity contribution in [2.24, 2.45) is 0 Å². The topological polar surface area (TPSA) is 105 Å². The number of aliphatic hydroxyl groups excluding tert-OH is 1. The Labute approximate surface area is 335 Å². The molecule has 0 spiro atoms. The summed E-state index contributed by atoms with van der Waals surface area (Å²) in [6.07, 6.45) is 42.7. The van der Waals surface area contributed by atoms with E-state index in [4.69, 9.17) is 9.05 Å². The first-order chi connectivity index (χ1) is 26.0. The Morgan fingerprint density at radius 1 is 0.611 bits per heavy atom. The van der Waals surface area contributed by atoms with Crippen LogP contribution in [0.25, 0.3) is 0 Å². The first kappa shape index (κ1) is 53.2. The second-order valence-corrected chi connectivity index (χ2v) is 18.6. The number of amides is 1. The molecule has 0 aliphatic heterocycles. The molecule has 0 saturated carbocycles. The number of nitrogens with zero attached hydrogens (tertiary/aromatic N) is 1. The van der Waals surface area contributed by atoms with Crippen molar-refractivity contribution >= 4 is 13.7 Å². The third kappa shape index (κ3) is 39.5. The number of hydrogen-bond donors (Lipinski definition) is 3. The molecule has 3 N–H and O–H groups in total. The molecule has 0 aromatic rings. The van der Waals surface area contributed by atoms with Crippen LogP contribution in [0.5, 0.6) is 0 Å². The van der Waals surface area contributed by atoms with Crippen LogP contribution in [0.15, 0.2) is 12.2 Å². The molecule has 322 valence electrons. The number of quaternary nitrogens is 1. The molecule has 0 radical (unpaired) electrons. The van der Waals surface area contributed by atoms with Crippen molar-refractivity contribution in [1.29, 1.82) is 0 Å². The Hall–Kier alpha value is -0.760. The summed E-state index contributed by atoms with van der Waals surface area (Å²) in [7, 11) is 1.58. The lowest BCUT2D eigenvalue weighted by Gasteiger charge is -2.25. The smallest absolute Gasteiger partial charge is 0.387 e. The number of phosphoric acid groups is 1. The van der Waals surface area contributed by atoms with Gasteiger partial charge in [-0.2, -0.15) is 0 Å².